The second-order valence-corrected chi connectivity index (χ2v) is 7.04. The number of hydrazone groups is 1. The fourth-order valence-electron chi connectivity index (χ4n) is 3.17. The molecule has 0 aromatic heterocycles. The van der Waals surface area contributed by atoms with E-state index in [1.54, 1.807) is 0 Å². The van der Waals surface area contributed by atoms with Crippen LogP contribution in [0.5, 0.6) is 0 Å². The van der Waals surface area contributed by atoms with Gasteiger partial charge in [-0.2, -0.15) is 5.10 Å². The molecule has 2 amide bonds. The summed E-state index contributed by atoms with van der Waals surface area (Å²) in [5.74, 6) is -0.414. The highest BCUT2D eigenvalue weighted by atomic mass is 127. The highest BCUT2D eigenvalue weighted by molar-refractivity contribution is 14.1. The molecule has 116 valence electrons. The maximum atomic E-state index is 12.3. The summed E-state index contributed by atoms with van der Waals surface area (Å²) in [6.07, 6.45) is 4.31. The molecular weight excluding hydrogens is 393 g/mol. The van der Waals surface area contributed by atoms with Crippen molar-refractivity contribution < 1.29 is 9.59 Å². The normalized spacial score (nSPS) is 24.0. The van der Waals surface area contributed by atoms with Crippen molar-refractivity contribution in [3.8, 4) is 0 Å². The molecular formula is C16H18IN3O2. The lowest BCUT2D eigenvalue weighted by Crippen LogP contribution is -2.44. The van der Waals surface area contributed by atoms with Crippen molar-refractivity contribution in [2.45, 2.75) is 32.1 Å². The largest absolute Gasteiger partial charge is 0.326 e. The van der Waals surface area contributed by atoms with Gasteiger partial charge in [0.2, 0.25) is 11.8 Å². The Balaban J connectivity index is 1.66. The molecule has 2 unspecified atom stereocenters. The minimum Gasteiger partial charge on any atom is -0.326 e. The summed E-state index contributed by atoms with van der Waals surface area (Å²) in [5, 5.41) is 7.04. The van der Waals surface area contributed by atoms with E-state index in [9.17, 15) is 9.59 Å². The number of hydrogen-bond acceptors (Lipinski definition) is 3. The molecule has 3 rings (SSSR count). The molecule has 2 aliphatic rings. The van der Waals surface area contributed by atoms with Crippen LogP contribution in [-0.2, 0) is 9.59 Å². The van der Waals surface area contributed by atoms with E-state index in [0.717, 1.165) is 40.7 Å². The van der Waals surface area contributed by atoms with E-state index in [-0.39, 0.29) is 30.1 Å². The van der Waals surface area contributed by atoms with Crippen LogP contribution in [-0.4, -0.2) is 17.5 Å². The van der Waals surface area contributed by atoms with Gasteiger partial charge in [-0.15, -0.1) is 0 Å². The molecule has 1 aliphatic heterocycles. The molecule has 0 spiro atoms. The standard InChI is InChI=1S/C16H18IN3O2/c17-10-5-7-11(8-6-10)18-15(21)9-13-12-3-1-2-4-14(12)19-20-16(13)22/h5-8,12-13H,1-4,9H2,(H,18,21)(H,20,22). The second-order valence-electron chi connectivity index (χ2n) is 5.80. The van der Waals surface area contributed by atoms with Gasteiger partial charge in [-0.3, -0.25) is 9.59 Å². The maximum absolute atomic E-state index is 12.3. The first kappa shape index (κ1) is 15.5. The van der Waals surface area contributed by atoms with Gasteiger partial charge >= 0.3 is 0 Å². The minimum absolute atomic E-state index is 0.117. The van der Waals surface area contributed by atoms with E-state index in [1.807, 2.05) is 24.3 Å². The molecule has 6 heteroatoms. The molecule has 1 fully saturated rings. The molecule has 0 saturated heterocycles. The van der Waals surface area contributed by atoms with Crippen molar-refractivity contribution in [2.75, 3.05) is 5.32 Å². The molecule has 0 radical (unpaired) electrons. The number of rotatable bonds is 3. The second kappa shape index (κ2) is 6.76. The van der Waals surface area contributed by atoms with E-state index < -0.39 is 0 Å². The lowest BCUT2D eigenvalue weighted by molar-refractivity contribution is -0.130. The lowest BCUT2D eigenvalue weighted by Gasteiger charge is -2.33. The minimum atomic E-state index is -0.295. The zero-order valence-electron chi connectivity index (χ0n) is 12.1. The Hall–Kier alpha value is -1.44. The molecule has 0 bridgehead atoms. The Kier molecular flexibility index (Phi) is 4.75. The van der Waals surface area contributed by atoms with Crippen molar-refractivity contribution in [1.82, 2.24) is 5.43 Å². The zero-order valence-corrected chi connectivity index (χ0v) is 14.3. The van der Waals surface area contributed by atoms with Crippen LogP contribution in [0.4, 0.5) is 5.69 Å². The van der Waals surface area contributed by atoms with Gasteiger partial charge in [-0.05, 0) is 66.1 Å². The molecule has 5 nitrogen and oxygen atoms in total. The Bertz CT molecular complexity index is 612. The summed E-state index contributed by atoms with van der Waals surface area (Å²) in [5.41, 5.74) is 4.39. The fraction of sp³-hybridized carbons (Fsp3) is 0.438. The number of carbonyl (C=O) groups excluding carboxylic acids is 2. The van der Waals surface area contributed by atoms with Crippen LogP contribution < -0.4 is 10.7 Å². The van der Waals surface area contributed by atoms with Gasteiger partial charge in [0.05, 0.1) is 5.92 Å². The van der Waals surface area contributed by atoms with Crippen LogP contribution in [0.1, 0.15) is 32.1 Å². The van der Waals surface area contributed by atoms with E-state index in [1.165, 1.54) is 0 Å². The smallest absolute Gasteiger partial charge is 0.244 e. The van der Waals surface area contributed by atoms with Crippen LogP contribution in [0.2, 0.25) is 0 Å². The van der Waals surface area contributed by atoms with Gasteiger partial charge in [-0.1, -0.05) is 6.42 Å². The number of nitrogens with zero attached hydrogens (tertiary/aromatic N) is 1. The Morgan fingerprint density at radius 3 is 2.86 bits per heavy atom. The first-order valence-corrected chi connectivity index (χ1v) is 8.63. The summed E-state index contributed by atoms with van der Waals surface area (Å²) in [4.78, 5) is 24.3. The predicted molar refractivity (Wildman–Crippen MR) is 93.4 cm³/mol. The average molecular weight is 411 g/mol. The third-order valence-electron chi connectivity index (χ3n) is 4.29. The monoisotopic (exact) mass is 411 g/mol. The Morgan fingerprint density at radius 2 is 2.09 bits per heavy atom. The first-order valence-electron chi connectivity index (χ1n) is 7.55. The number of fused-ring (bicyclic) bond motifs is 1. The topological polar surface area (TPSA) is 70.6 Å². The number of carbonyl (C=O) groups is 2. The highest BCUT2D eigenvalue weighted by Gasteiger charge is 2.37. The lowest BCUT2D eigenvalue weighted by atomic mass is 9.76. The van der Waals surface area contributed by atoms with Crippen molar-refractivity contribution in [3.05, 3.63) is 27.8 Å². The highest BCUT2D eigenvalue weighted by Crippen LogP contribution is 2.32. The molecule has 1 heterocycles. The molecule has 1 aromatic rings. The SMILES string of the molecule is O=C(CC1C(=O)NN=C2CCCCC21)Nc1ccc(I)cc1. The van der Waals surface area contributed by atoms with Crippen LogP contribution in [0.25, 0.3) is 0 Å². The summed E-state index contributed by atoms with van der Waals surface area (Å²) >= 11 is 2.22. The van der Waals surface area contributed by atoms with Gasteiger partial charge in [0.15, 0.2) is 0 Å². The molecule has 2 atom stereocenters. The quantitative estimate of drug-likeness (QED) is 0.752. The van der Waals surface area contributed by atoms with Crippen molar-refractivity contribution in [3.63, 3.8) is 0 Å². The van der Waals surface area contributed by atoms with Gasteiger partial charge < -0.3 is 5.32 Å². The van der Waals surface area contributed by atoms with Gasteiger partial charge in [0.1, 0.15) is 0 Å². The maximum Gasteiger partial charge on any atom is 0.244 e. The number of nitrogens with one attached hydrogen (secondary N) is 2. The van der Waals surface area contributed by atoms with E-state index in [2.05, 4.69) is 38.4 Å². The van der Waals surface area contributed by atoms with Crippen molar-refractivity contribution in [1.29, 1.82) is 0 Å². The van der Waals surface area contributed by atoms with Crippen LogP contribution in [0.15, 0.2) is 29.4 Å². The Morgan fingerprint density at radius 1 is 1.32 bits per heavy atom. The summed E-state index contributed by atoms with van der Waals surface area (Å²) in [6, 6.07) is 7.62. The fourth-order valence-corrected chi connectivity index (χ4v) is 3.53. The number of hydrogen-bond donors (Lipinski definition) is 2. The summed E-state index contributed by atoms with van der Waals surface area (Å²) < 4.78 is 1.12. The number of benzene rings is 1. The zero-order chi connectivity index (χ0) is 15.5. The molecule has 2 N–H and O–H groups in total. The van der Waals surface area contributed by atoms with Crippen LogP contribution in [0, 0.1) is 15.4 Å². The van der Waals surface area contributed by atoms with E-state index in [4.69, 9.17) is 0 Å². The van der Waals surface area contributed by atoms with Gasteiger partial charge in [-0.25, -0.2) is 5.43 Å². The third kappa shape index (κ3) is 3.48. The Labute approximate surface area is 143 Å². The predicted octanol–water partition coefficient (Wildman–Crippen LogP) is 2.91. The van der Waals surface area contributed by atoms with E-state index >= 15 is 0 Å². The molecule has 1 aliphatic carbocycles. The third-order valence-corrected chi connectivity index (χ3v) is 5.01. The van der Waals surface area contributed by atoms with Crippen LogP contribution in [0.3, 0.4) is 0 Å². The summed E-state index contributed by atoms with van der Waals surface area (Å²) in [7, 11) is 0. The van der Waals surface area contributed by atoms with Gasteiger partial charge in [0, 0.05) is 27.3 Å². The number of anilines is 1. The number of halogens is 1. The van der Waals surface area contributed by atoms with Crippen molar-refractivity contribution >= 4 is 45.8 Å². The average Bonchev–Trinajstić information content (AvgIpc) is 2.52. The van der Waals surface area contributed by atoms with Gasteiger partial charge in [0.25, 0.3) is 0 Å². The van der Waals surface area contributed by atoms with Crippen molar-refractivity contribution in [2.24, 2.45) is 16.9 Å². The summed E-state index contributed by atoms with van der Waals surface area (Å²) in [6.45, 7) is 0. The molecule has 1 saturated carbocycles. The van der Waals surface area contributed by atoms with E-state index in [0.29, 0.717) is 0 Å². The van der Waals surface area contributed by atoms with Crippen LogP contribution >= 0.6 is 22.6 Å². The number of amides is 2. The molecule has 1 aromatic carbocycles. The first-order chi connectivity index (χ1) is 10.6. The molecule has 22 heavy (non-hydrogen) atoms.